The molecule has 0 radical (unpaired) electrons. The Bertz CT molecular complexity index is 162. The Labute approximate surface area is 92.4 Å². The van der Waals surface area contributed by atoms with Gasteiger partial charge in [-0.15, -0.1) is 0 Å². The SMILES string of the molecule is NC1CCC(NC2CCC(O)CC2)CC1. The van der Waals surface area contributed by atoms with Gasteiger partial charge < -0.3 is 16.2 Å². The number of aliphatic hydroxyl groups excluding tert-OH is 1. The summed E-state index contributed by atoms with van der Waals surface area (Å²) in [5.41, 5.74) is 5.89. The minimum Gasteiger partial charge on any atom is -0.393 e. The van der Waals surface area contributed by atoms with E-state index in [2.05, 4.69) is 5.32 Å². The fraction of sp³-hybridized carbons (Fsp3) is 1.00. The zero-order valence-corrected chi connectivity index (χ0v) is 9.49. The van der Waals surface area contributed by atoms with Crippen LogP contribution in [-0.2, 0) is 0 Å². The molecule has 3 nitrogen and oxygen atoms in total. The van der Waals surface area contributed by atoms with Gasteiger partial charge in [0.1, 0.15) is 0 Å². The highest BCUT2D eigenvalue weighted by Crippen LogP contribution is 2.22. The predicted octanol–water partition coefficient (Wildman–Crippen LogP) is 1.15. The van der Waals surface area contributed by atoms with E-state index in [1.165, 1.54) is 25.7 Å². The first-order valence-electron chi connectivity index (χ1n) is 6.43. The van der Waals surface area contributed by atoms with Crippen LogP contribution in [0.5, 0.6) is 0 Å². The van der Waals surface area contributed by atoms with Crippen molar-refractivity contribution in [3.63, 3.8) is 0 Å². The summed E-state index contributed by atoms with van der Waals surface area (Å²) in [7, 11) is 0. The fourth-order valence-corrected chi connectivity index (χ4v) is 2.86. The maximum atomic E-state index is 9.42. The monoisotopic (exact) mass is 212 g/mol. The van der Waals surface area contributed by atoms with Crippen LogP contribution in [0.1, 0.15) is 51.4 Å². The van der Waals surface area contributed by atoms with Crippen molar-refractivity contribution in [1.29, 1.82) is 0 Å². The van der Waals surface area contributed by atoms with E-state index in [4.69, 9.17) is 5.73 Å². The summed E-state index contributed by atoms with van der Waals surface area (Å²) in [6.45, 7) is 0. The summed E-state index contributed by atoms with van der Waals surface area (Å²) in [4.78, 5) is 0. The van der Waals surface area contributed by atoms with E-state index in [9.17, 15) is 5.11 Å². The van der Waals surface area contributed by atoms with E-state index in [-0.39, 0.29) is 6.10 Å². The van der Waals surface area contributed by atoms with Crippen LogP contribution in [0.3, 0.4) is 0 Å². The van der Waals surface area contributed by atoms with Gasteiger partial charge in [-0.1, -0.05) is 0 Å². The van der Waals surface area contributed by atoms with Gasteiger partial charge >= 0.3 is 0 Å². The molecule has 0 aromatic carbocycles. The molecule has 0 aromatic heterocycles. The van der Waals surface area contributed by atoms with Gasteiger partial charge in [-0.05, 0) is 51.4 Å². The molecule has 0 bridgehead atoms. The van der Waals surface area contributed by atoms with E-state index >= 15 is 0 Å². The zero-order chi connectivity index (χ0) is 10.7. The molecule has 15 heavy (non-hydrogen) atoms. The third-order valence-electron chi connectivity index (χ3n) is 3.94. The third kappa shape index (κ3) is 3.44. The topological polar surface area (TPSA) is 58.3 Å². The van der Waals surface area contributed by atoms with Crippen LogP contribution in [0, 0.1) is 0 Å². The molecule has 2 aliphatic carbocycles. The zero-order valence-electron chi connectivity index (χ0n) is 9.49. The molecule has 0 aromatic rings. The number of rotatable bonds is 2. The van der Waals surface area contributed by atoms with Gasteiger partial charge in [0.05, 0.1) is 6.10 Å². The Kier molecular flexibility index (Phi) is 4.00. The predicted molar refractivity (Wildman–Crippen MR) is 61.6 cm³/mol. The van der Waals surface area contributed by atoms with Gasteiger partial charge in [-0.2, -0.15) is 0 Å². The third-order valence-corrected chi connectivity index (χ3v) is 3.94. The normalized spacial score (nSPS) is 42.8. The van der Waals surface area contributed by atoms with E-state index in [0.29, 0.717) is 18.1 Å². The van der Waals surface area contributed by atoms with Crippen molar-refractivity contribution in [3.05, 3.63) is 0 Å². The Morgan fingerprint density at radius 1 is 0.800 bits per heavy atom. The van der Waals surface area contributed by atoms with Crippen molar-refractivity contribution in [2.45, 2.75) is 75.6 Å². The van der Waals surface area contributed by atoms with Crippen LogP contribution < -0.4 is 11.1 Å². The first kappa shape index (κ1) is 11.4. The number of hydrogen-bond donors (Lipinski definition) is 3. The molecule has 0 heterocycles. The molecule has 4 N–H and O–H groups in total. The fourth-order valence-electron chi connectivity index (χ4n) is 2.86. The minimum atomic E-state index is -0.0390. The van der Waals surface area contributed by atoms with Crippen molar-refractivity contribution in [2.75, 3.05) is 0 Å². The van der Waals surface area contributed by atoms with Crippen molar-refractivity contribution in [1.82, 2.24) is 5.32 Å². The Hall–Kier alpha value is -0.120. The molecular formula is C12H24N2O. The molecule has 88 valence electrons. The highest BCUT2D eigenvalue weighted by atomic mass is 16.3. The lowest BCUT2D eigenvalue weighted by molar-refractivity contribution is 0.112. The van der Waals surface area contributed by atoms with E-state index < -0.39 is 0 Å². The summed E-state index contributed by atoms with van der Waals surface area (Å²) < 4.78 is 0. The van der Waals surface area contributed by atoms with Crippen LogP contribution in [-0.4, -0.2) is 29.3 Å². The van der Waals surface area contributed by atoms with Gasteiger partial charge in [0, 0.05) is 18.1 Å². The summed E-state index contributed by atoms with van der Waals surface area (Å²) in [5, 5.41) is 13.2. The molecule has 0 saturated heterocycles. The minimum absolute atomic E-state index is 0.0390. The molecule has 0 spiro atoms. The van der Waals surface area contributed by atoms with Crippen molar-refractivity contribution in [2.24, 2.45) is 5.73 Å². The van der Waals surface area contributed by atoms with Crippen LogP contribution in [0.15, 0.2) is 0 Å². The summed E-state index contributed by atoms with van der Waals surface area (Å²) in [5.74, 6) is 0. The smallest absolute Gasteiger partial charge is 0.0541 e. The average Bonchev–Trinajstić information content (AvgIpc) is 2.25. The maximum absolute atomic E-state index is 9.42. The number of aliphatic hydroxyl groups is 1. The molecule has 2 aliphatic rings. The molecule has 0 atom stereocenters. The molecule has 0 aliphatic heterocycles. The van der Waals surface area contributed by atoms with Crippen LogP contribution in [0.2, 0.25) is 0 Å². The van der Waals surface area contributed by atoms with Gasteiger partial charge in [0.2, 0.25) is 0 Å². The quantitative estimate of drug-likeness (QED) is 0.643. The second-order valence-electron chi connectivity index (χ2n) is 5.28. The second-order valence-corrected chi connectivity index (χ2v) is 5.28. The number of hydrogen-bond acceptors (Lipinski definition) is 3. The number of nitrogens with two attached hydrogens (primary N) is 1. The van der Waals surface area contributed by atoms with E-state index in [0.717, 1.165) is 25.7 Å². The lowest BCUT2D eigenvalue weighted by atomic mass is 9.88. The summed E-state index contributed by atoms with van der Waals surface area (Å²) >= 11 is 0. The average molecular weight is 212 g/mol. The van der Waals surface area contributed by atoms with Gasteiger partial charge in [-0.25, -0.2) is 0 Å². The molecule has 0 unspecified atom stereocenters. The highest BCUT2D eigenvalue weighted by Gasteiger charge is 2.24. The van der Waals surface area contributed by atoms with Crippen LogP contribution in [0.4, 0.5) is 0 Å². The molecule has 2 saturated carbocycles. The molecule has 0 amide bonds. The summed E-state index contributed by atoms with van der Waals surface area (Å²) in [6.07, 6.45) is 9.02. The lowest BCUT2D eigenvalue weighted by Gasteiger charge is -2.33. The Morgan fingerprint density at radius 2 is 1.27 bits per heavy atom. The first-order chi connectivity index (χ1) is 7.24. The molecule has 2 rings (SSSR count). The van der Waals surface area contributed by atoms with E-state index in [1.807, 2.05) is 0 Å². The van der Waals surface area contributed by atoms with E-state index in [1.54, 1.807) is 0 Å². The van der Waals surface area contributed by atoms with Crippen molar-refractivity contribution < 1.29 is 5.11 Å². The van der Waals surface area contributed by atoms with Gasteiger partial charge in [0.25, 0.3) is 0 Å². The van der Waals surface area contributed by atoms with Gasteiger partial charge in [-0.3, -0.25) is 0 Å². The maximum Gasteiger partial charge on any atom is 0.0541 e. The second kappa shape index (κ2) is 5.28. The van der Waals surface area contributed by atoms with Crippen molar-refractivity contribution >= 4 is 0 Å². The summed E-state index contributed by atoms with van der Waals surface area (Å²) in [6, 6.07) is 1.77. The van der Waals surface area contributed by atoms with Crippen LogP contribution >= 0.6 is 0 Å². The lowest BCUT2D eigenvalue weighted by Crippen LogP contribution is -2.44. The molecular weight excluding hydrogens is 188 g/mol. The van der Waals surface area contributed by atoms with Gasteiger partial charge in [0.15, 0.2) is 0 Å². The number of nitrogens with one attached hydrogen (secondary N) is 1. The largest absolute Gasteiger partial charge is 0.393 e. The molecule has 2 fully saturated rings. The van der Waals surface area contributed by atoms with Crippen LogP contribution in [0.25, 0.3) is 0 Å². The highest BCUT2D eigenvalue weighted by molar-refractivity contribution is 4.84. The molecule has 3 heteroatoms. The standard InChI is InChI=1S/C12H24N2O/c13-9-1-3-10(4-2-9)14-11-5-7-12(15)8-6-11/h9-12,14-15H,1-8,13H2. The van der Waals surface area contributed by atoms with Crippen molar-refractivity contribution in [3.8, 4) is 0 Å². The Balaban J connectivity index is 1.68. The first-order valence-corrected chi connectivity index (χ1v) is 6.43. The Morgan fingerprint density at radius 3 is 1.80 bits per heavy atom.